The summed E-state index contributed by atoms with van der Waals surface area (Å²) in [7, 11) is 9.49. The van der Waals surface area contributed by atoms with Crippen LogP contribution >= 0.6 is 0 Å². The van der Waals surface area contributed by atoms with E-state index in [1.807, 2.05) is 148 Å². The zero-order chi connectivity index (χ0) is 99.3. The Morgan fingerprint density at radius 2 is 0.657 bits per heavy atom. The minimum Gasteiger partial charge on any atom is -0.396 e. The summed E-state index contributed by atoms with van der Waals surface area (Å²) in [5.74, 6) is 1.45. The van der Waals surface area contributed by atoms with Crippen LogP contribution in [0, 0.1) is 35.5 Å². The van der Waals surface area contributed by atoms with Crippen LogP contribution in [-0.2, 0) is 35.7 Å². The van der Waals surface area contributed by atoms with Gasteiger partial charge in [-0.3, -0.25) is 4.79 Å². The number of fused-ring (bicyclic) bond motifs is 15. The average Bonchev–Trinajstić information content (AvgIpc) is 1.59. The van der Waals surface area contributed by atoms with Crippen LogP contribution in [0.5, 0.6) is 0 Å². The van der Waals surface area contributed by atoms with Crippen molar-refractivity contribution in [2.24, 2.45) is 41.2 Å². The van der Waals surface area contributed by atoms with Gasteiger partial charge < -0.3 is 73.8 Å². The monoisotopic (exact) mass is 1950 g/mol. The fraction of sp³-hybridized carbons (Fsp3) is 0.431. The second-order valence-corrected chi connectivity index (χ2v) is 39.7. The van der Waals surface area contributed by atoms with Crippen molar-refractivity contribution in [2.45, 2.75) is 185 Å². The van der Waals surface area contributed by atoms with Crippen molar-refractivity contribution < 1.29 is 80.6 Å². The van der Waals surface area contributed by atoms with Crippen molar-refractivity contribution >= 4 is 40.4 Å². The summed E-state index contributed by atoms with van der Waals surface area (Å²) in [6.07, 6.45) is -13.0. The SMILES string of the molecule is CN(C)CC(=O)NC[C@@H]1C[C@@H]2[C@H](C1)c1cc(C(F)(F)F)ccc1N[C@H]2c1ccccc1.CN(C)CCNC(=O)N[C@@H]1C[C@@H]2[C@H](C1)c1cc(C(F)(F)F)ccc1N[C@H]2c1ccccc1.CN[C@@H]1C[C@@H]2[C@H](C1)c1cc(C(F)(F)F)ccc1N[C@H]2c1ccccc1.N[C@@H]1C[C@@H]2[C@H](C1)c1cc(C(F)(F)F)ccc1N[C@H]2c1ccccc1.OCCCN[C@H]1C[C@@H]2[C@H](C1)c1cc(C(F)(F)F)ccc1N[C@H]2c1ccccc1. The Morgan fingerprint density at radius 3 is 0.979 bits per heavy atom. The number of nitrogens with one attached hydrogen (secondary N) is 10. The highest BCUT2D eigenvalue weighted by Gasteiger charge is 2.52. The second-order valence-electron chi connectivity index (χ2n) is 39.7. The van der Waals surface area contributed by atoms with E-state index in [9.17, 15) is 75.4 Å². The molecule has 31 heteroatoms. The van der Waals surface area contributed by atoms with Crippen LogP contribution < -0.4 is 58.9 Å². The lowest BCUT2D eigenvalue weighted by Gasteiger charge is -2.38. The summed E-state index contributed by atoms with van der Waals surface area (Å²) in [5, 5.41) is 42.2. The van der Waals surface area contributed by atoms with Crippen LogP contribution in [0.3, 0.4) is 0 Å². The maximum atomic E-state index is 13.4. The zero-order valence-electron chi connectivity index (χ0n) is 78.6. The molecule has 3 amide bonds. The van der Waals surface area contributed by atoms with Gasteiger partial charge in [0.05, 0.1) is 64.6 Å². The molecule has 5 heterocycles. The topological polar surface area (TPSA) is 207 Å². The Hall–Kier alpha value is -11.4. The molecule has 0 saturated heterocycles. The van der Waals surface area contributed by atoms with Gasteiger partial charge in [-0.05, 0) is 324 Å². The van der Waals surface area contributed by atoms with Crippen molar-refractivity contribution in [1.29, 1.82) is 0 Å². The van der Waals surface area contributed by atoms with E-state index in [-0.39, 0.29) is 132 Å². The van der Waals surface area contributed by atoms with Gasteiger partial charge in [0, 0.05) is 78.8 Å². The standard InChI is InChI=1S/C24H29F3N4O.C24H28F3N3O.C22H25F3N2O.C20H21F3N2.C19H19F3N2/c1-31(2)11-10-28-23(32)29-17-13-18-19-12-16(24(25,26)27)8-9-21(19)30-22(20(18)14-17)15-6-4-3-5-7-15;1-30(2)14-22(31)28-13-15-10-18-19-12-17(24(25,26)27)8-9-21(19)29-23(20(18)11-15)16-6-4-3-5-7-16;23-22(24,25)15-7-8-20-18(11-15)17-12-16(26-9-4-10-28)13-19(17)21(27-20)14-5-2-1-3-6-14;1-24-14-10-15-16-9-13(20(21,22)23)7-8-18(16)25-19(17(15)11-14)12-5-3-2-4-6-12;20-19(21,22)12-6-7-17-15(8-12)14-9-13(23)10-16(14)18(24-17)11-4-2-1-3-5-11/h3-9,12,17-18,20,22,30H,10-11,13-14H2,1-2H3,(H2,28,29,32);3-9,12,15,18,20,23,29H,10-11,13-14H2,1-2H3,(H,28,31);1-3,5-8,11,16-17,19,21,26-28H,4,9-10,12-13H2;2-9,14-15,17,19,24-25H,10-11H2,1H3;1-8,13-14,16,18,24H,9-10,23H2/t17-,18+,20+,22-;15-,18+,20+,23-;16-,17-,19-,21+;14-,15+,17+,19-;13-,14+,16+,18-/m00100/s1. The largest absolute Gasteiger partial charge is 0.416 e. The first-order valence-electron chi connectivity index (χ1n) is 48.3. The molecule has 0 bridgehead atoms. The van der Waals surface area contributed by atoms with Crippen molar-refractivity contribution in [3.05, 3.63) is 326 Å². The number of benzene rings is 10. The molecular formula is C109H122F15N13O3. The molecule has 0 aromatic heterocycles. The molecular weight excluding hydrogens is 1820 g/mol. The number of alkyl halides is 15. The van der Waals surface area contributed by atoms with Crippen LogP contribution in [0.25, 0.3) is 0 Å². The number of aliphatic hydroxyl groups excluding tert-OH is 1. The number of halogens is 15. The fourth-order valence-electron chi connectivity index (χ4n) is 23.6. The number of urea groups is 1. The predicted octanol–water partition coefficient (Wildman–Crippen LogP) is 23.6. The van der Waals surface area contributed by atoms with Gasteiger partial charge in [0.15, 0.2) is 0 Å². The molecule has 5 fully saturated rings. The molecule has 5 aliphatic heterocycles. The Balaban J connectivity index is 0.000000127. The third-order valence-corrected chi connectivity index (χ3v) is 30.0. The lowest BCUT2D eigenvalue weighted by Crippen LogP contribution is -2.43. The molecule has 20 rings (SSSR count). The number of hydrogen-bond acceptors (Lipinski definition) is 13. The minimum atomic E-state index is -4.39. The quantitative estimate of drug-likeness (QED) is 0.0286. The molecule has 16 nitrogen and oxygen atoms in total. The van der Waals surface area contributed by atoms with Crippen LogP contribution in [0.15, 0.2) is 243 Å². The fourth-order valence-corrected chi connectivity index (χ4v) is 23.6. The number of nitrogens with zero attached hydrogens (tertiary/aromatic N) is 2. The minimum absolute atomic E-state index is 0.0194. The zero-order valence-corrected chi connectivity index (χ0v) is 78.6. The molecule has 10 aromatic rings. The van der Waals surface area contributed by atoms with Crippen molar-refractivity contribution in [2.75, 3.05) is 101 Å². The molecule has 10 aromatic carbocycles. The number of rotatable bonds is 18. The summed E-state index contributed by atoms with van der Waals surface area (Å²) < 4.78 is 199. The van der Waals surface area contributed by atoms with Gasteiger partial charge in [-0.25, -0.2) is 4.79 Å². The highest BCUT2D eigenvalue weighted by Crippen LogP contribution is 2.61. The number of hydrogen-bond donors (Lipinski definition) is 12. The third-order valence-electron chi connectivity index (χ3n) is 30.0. The van der Waals surface area contributed by atoms with Gasteiger partial charge in [-0.2, -0.15) is 65.9 Å². The summed E-state index contributed by atoms with van der Waals surface area (Å²) in [4.78, 5) is 28.2. The molecule has 0 unspecified atom stereocenters. The van der Waals surface area contributed by atoms with E-state index in [1.54, 1.807) is 30.3 Å². The average molecular weight is 1950 g/mol. The lowest BCUT2D eigenvalue weighted by molar-refractivity contribution is -0.138. The second kappa shape index (κ2) is 43.2. The van der Waals surface area contributed by atoms with Gasteiger partial charge in [0.25, 0.3) is 0 Å². The number of amides is 3. The molecule has 5 saturated carbocycles. The Bertz CT molecular complexity index is 5820. The van der Waals surface area contributed by atoms with Crippen LogP contribution in [0.2, 0.25) is 0 Å². The first-order valence-corrected chi connectivity index (χ1v) is 48.3. The molecule has 5 aliphatic carbocycles. The maximum absolute atomic E-state index is 13.4. The number of likely N-dealkylation sites (N-methyl/N-ethyl adjacent to an activating group) is 2. The highest BCUT2D eigenvalue weighted by molar-refractivity contribution is 5.78. The van der Waals surface area contributed by atoms with Crippen LogP contribution in [0.4, 0.5) is 99.1 Å². The first kappa shape index (κ1) is 102. The Labute approximate surface area is 807 Å². The van der Waals surface area contributed by atoms with E-state index in [2.05, 4.69) is 102 Å². The van der Waals surface area contributed by atoms with Crippen LogP contribution in [0.1, 0.15) is 214 Å². The van der Waals surface area contributed by atoms with E-state index in [0.717, 1.165) is 150 Å². The van der Waals surface area contributed by atoms with Gasteiger partial charge in [-0.1, -0.05) is 152 Å². The normalized spacial score (nSPS) is 26.4. The molecule has 0 spiro atoms. The Morgan fingerprint density at radius 1 is 0.357 bits per heavy atom. The van der Waals surface area contributed by atoms with E-state index >= 15 is 0 Å². The summed E-state index contributed by atoms with van der Waals surface area (Å²) in [5.41, 5.74) is 16.7. The number of anilines is 5. The van der Waals surface area contributed by atoms with Crippen LogP contribution in [-0.4, -0.2) is 126 Å². The Kier molecular flexibility index (Phi) is 31.4. The summed E-state index contributed by atoms with van der Waals surface area (Å²) in [6, 6.07) is 71.3. The molecule has 20 atom stereocenters. The summed E-state index contributed by atoms with van der Waals surface area (Å²) in [6.45, 7) is 3.00. The van der Waals surface area contributed by atoms with Gasteiger partial charge in [0.1, 0.15) is 0 Å². The van der Waals surface area contributed by atoms with Gasteiger partial charge >= 0.3 is 36.9 Å². The van der Waals surface area contributed by atoms with Crippen molar-refractivity contribution in [1.82, 2.24) is 36.4 Å². The number of nitrogens with two attached hydrogens (primary N) is 1. The number of aliphatic hydroxyl groups is 1. The molecule has 10 aliphatic rings. The third kappa shape index (κ3) is 23.8. The van der Waals surface area contributed by atoms with Crippen molar-refractivity contribution in [3.63, 3.8) is 0 Å². The lowest BCUT2D eigenvalue weighted by atomic mass is 9.77. The first-order chi connectivity index (χ1) is 66.8. The smallest absolute Gasteiger partial charge is 0.396 e. The molecule has 13 N–H and O–H groups in total. The van der Waals surface area contributed by atoms with Crippen molar-refractivity contribution in [3.8, 4) is 0 Å². The van der Waals surface area contributed by atoms with Gasteiger partial charge in [-0.15, -0.1) is 0 Å². The van der Waals surface area contributed by atoms with E-state index in [4.69, 9.17) is 10.8 Å². The predicted molar refractivity (Wildman–Crippen MR) is 517 cm³/mol. The maximum Gasteiger partial charge on any atom is 0.416 e. The van der Waals surface area contributed by atoms with E-state index in [0.29, 0.717) is 50.5 Å². The van der Waals surface area contributed by atoms with E-state index < -0.39 is 58.7 Å². The van der Waals surface area contributed by atoms with Gasteiger partial charge in [0.2, 0.25) is 5.91 Å². The number of carbonyl (C=O) groups is 2. The molecule has 0 radical (unpaired) electrons. The summed E-state index contributed by atoms with van der Waals surface area (Å²) >= 11 is 0. The number of carbonyl (C=O) groups excluding carboxylic acids is 2. The van der Waals surface area contributed by atoms with E-state index in [1.165, 1.54) is 53.6 Å². The highest BCUT2D eigenvalue weighted by atomic mass is 19.4. The molecule has 140 heavy (non-hydrogen) atoms. The molecule has 746 valence electrons.